The maximum absolute atomic E-state index is 5.48. The summed E-state index contributed by atoms with van der Waals surface area (Å²) >= 11 is 4.87. The molecule has 2 N–H and O–H groups in total. The molecule has 3 nitrogen and oxygen atoms in total. The van der Waals surface area contributed by atoms with Crippen LogP contribution in [0.25, 0.3) is 0 Å². The van der Waals surface area contributed by atoms with Gasteiger partial charge in [0.25, 0.3) is 0 Å². The van der Waals surface area contributed by atoms with Crippen LogP contribution in [0.3, 0.4) is 0 Å². The van der Waals surface area contributed by atoms with Crippen LogP contribution >= 0.6 is 12.2 Å². The molecule has 4 heteroatoms. The largest absolute Gasteiger partial charge is 0.392 e. The quantitative estimate of drug-likeness (QED) is 0.612. The average Bonchev–Trinajstić information content (AvgIpc) is 2.01. The minimum absolute atomic E-state index is 0.590. The van der Waals surface area contributed by atoms with Gasteiger partial charge in [0.05, 0.1) is 4.99 Å². The van der Waals surface area contributed by atoms with Gasteiger partial charge in [-0.3, -0.25) is 4.90 Å². The van der Waals surface area contributed by atoms with Crippen LogP contribution in [0.15, 0.2) is 0 Å². The smallest absolute Gasteiger partial charge is 0.0870 e. The zero-order valence-electron chi connectivity index (χ0n) is 8.92. The van der Waals surface area contributed by atoms with E-state index in [-0.39, 0.29) is 0 Å². The number of hydrogen-bond acceptors (Lipinski definition) is 3. The van der Waals surface area contributed by atoms with E-state index in [0.29, 0.717) is 4.99 Å². The third-order valence-electron chi connectivity index (χ3n) is 1.91. The van der Waals surface area contributed by atoms with Gasteiger partial charge in [0, 0.05) is 6.54 Å². The second-order valence-electron chi connectivity index (χ2n) is 3.49. The molecule has 0 heterocycles. The first-order valence-corrected chi connectivity index (χ1v) is 5.12. The van der Waals surface area contributed by atoms with Crippen molar-refractivity contribution >= 4 is 17.2 Å². The Morgan fingerprint density at radius 3 is 2.31 bits per heavy atom. The van der Waals surface area contributed by atoms with Gasteiger partial charge in [-0.25, -0.2) is 0 Å². The molecule has 13 heavy (non-hydrogen) atoms. The van der Waals surface area contributed by atoms with Crippen molar-refractivity contribution in [1.82, 2.24) is 9.80 Å². The fraction of sp³-hybridized carbons (Fsp3) is 0.889. The van der Waals surface area contributed by atoms with Crippen LogP contribution in [0.4, 0.5) is 0 Å². The Morgan fingerprint density at radius 2 is 1.92 bits per heavy atom. The Hall–Kier alpha value is -0.190. The van der Waals surface area contributed by atoms with Crippen LogP contribution in [-0.4, -0.2) is 55.1 Å². The molecule has 0 unspecified atom stereocenters. The van der Waals surface area contributed by atoms with E-state index in [4.69, 9.17) is 18.0 Å². The third-order valence-corrected chi connectivity index (χ3v) is 2.04. The van der Waals surface area contributed by atoms with Crippen LogP contribution in [0.1, 0.15) is 13.3 Å². The van der Waals surface area contributed by atoms with E-state index in [0.717, 1.165) is 26.2 Å². The minimum Gasteiger partial charge on any atom is -0.392 e. The summed E-state index contributed by atoms with van der Waals surface area (Å²) in [6.07, 6.45) is 1.17. The van der Waals surface area contributed by atoms with Crippen LogP contribution in [-0.2, 0) is 0 Å². The summed E-state index contributed by atoms with van der Waals surface area (Å²) in [5.74, 6) is 0. The van der Waals surface area contributed by atoms with E-state index in [9.17, 15) is 0 Å². The molecule has 0 bridgehead atoms. The van der Waals surface area contributed by atoms with Crippen molar-refractivity contribution in [3.8, 4) is 0 Å². The number of nitrogens with two attached hydrogens (primary N) is 1. The average molecular weight is 203 g/mol. The molecule has 0 radical (unpaired) electrons. The van der Waals surface area contributed by atoms with E-state index in [1.165, 1.54) is 6.42 Å². The fourth-order valence-electron chi connectivity index (χ4n) is 1.18. The summed E-state index contributed by atoms with van der Waals surface area (Å²) in [4.78, 5) is 5.05. The molecule has 0 rings (SSSR count). The molecule has 0 aromatic heterocycles. The van der Waals surface area contributed by atoms with Crippen molar-refractivity contribution in [2.75, 3.05) is 40.3 Å². The molecule has 0 aromatic carbocycles. The minimum atomic E-state index is 0.590. The van der Waals surface area contributed by atoms with Crippen LogP contribution in [0, 0.1) is 0 Å². The summed E-state index contributed by atoms with van der Waals surface area (Å²) in [5.41, 5.74) is 5.48. The van der Waals surface area contributed by atoms with E-state index in [1.54, 1.807) is 0 Å². The van der Waals surface area contributed by atoms with Gasteiger partial charge >= 0.3 is 0 Å². The predicted octanol–water partition coefficient (Wildman–Crippen LogP) is 0.546. The Bertz CT molecular complexity index is 148. The Labute approximate surface area is 86.9 Å². The monoisotopic (exact) mass is 203 g/mol. The lowest BCUT2D eigenvalue weighted by Gasteiger charge is -2.20. The highest BCUT2D eigenvalue weighted by atomic mass is 32.1. The molecule has 0 aromatic rings. The molecule has 0 saturated heterocycles. The molecule has 0 aliphatic rings. The van der Waals surface area contributed by atoms with Crippen molar-refractivity contribution in [3.05, 3.63) is 0 Å². The molecule has 78 valence electrons. The lowest BCUT2D eigenvalue weighted by Crippen LogP contribution is -2.34. The topological polar surface area (TPSA) is 32.5 Å². The van der Waals surface area contributed by atoms with Crippen molar-refractivity contribution < 1.29 is 0 Å². The lowest BCUT2D eigenvalue weighted by atomic mass is 10.3. The van der Waals surface area contributed by atoms with Gasteiger partial charge in [-0.1, -0.05) is 19.1 Å². The molecule has 0 atom stereocenters. The van der Waals surface area contributed by atoms with Crippen molar-refractivity contribution in [1.29, 1.82) is 0 Å². The number of nitrogens with zero attached hydrogens (tertiary/aromatic N) is 2. The number of rotatable bonds is 7. The van der Waals surface area contributed by atoms with Gasteiger partial charge in [0.1, 0.15) is 0 Å². The van der Waals surface area contributed by atoms with Crippen LogP contribution in [0.5, 0.6) is 0 Å². The first-order chi connectivity index (χ1) is 6.06. The van der Waals surface area contributed by atoms with E-state index >= 15 is 0 Å². The molecule has 0 aliphatic carbocycles. The molecule has 0 spiro atoms. The third kappa shape index (κ3) is 8.15. The predicted molar refractivity (Wildman–Crippen MR) is 62.1 cm³/mol. The molecule has 0 fully saturated rings. The molecule has 0 amide bonds. The normalized spacial score (nSPS) is 11.2. The standard InChI is InChI=1S/C9H21N3S/c1-4-12(8-9(10)13)7-5-6-11(2)3/h4-8H2,1-3H3,(H2,10,13). The van der Waals surface area contributed by atoms with E-state index < -0.39 is 0 Å². The summed E-state index contributed by atoms with van der Waals surface area (Å²) in [5, 5.41) is 0. The van der Waals surface area contributed by atoms with E-state index in [1.807, 2.05) is 0 Å². The zero-order valence-corrected chi connectivity index (χ0v) is 9.73. The maximum Gasteiger partial charge on any atom is 0.0870 e. The Morgan fingerprint density at radius 1 is 1.31 bits per heavy atom. The highest BCUT2D eigenvalue weighted by Crippen LogP contribution is 1.92. The van der Waals surface area contributed by atoms with Crippen molar-refractivity contribution in [3.63, 3.8) is 0 Å². The molecule has 0 saturated carbocycles. The van der Waals surface area contributed by atoms with Gasteiger partial charge in [0.2, 0.25) is 0 Å². The second kappa shape index (κ2) is 7.24. The SMILES string of the molecule is CCN(CCCN(C)C)CC(N)=S. The summed E-state index contributed by atoms with van der Waals surface area (Å²) in [6.45, 7) is 6.10. The molecule has 0 aliphatic heterocycles. The van der Waals surface area contributed by atoms with Crippen LogP contribution in [0.2, 0.25) is 0 Å². The maximum atomic E-state index is 5.48. The Balaban J connectivity index is 3.53. The number of thiocarbonyl (C=S) groups is 1. The Kier molecular flexibility index (Phi) is 7.13. The molecular weight excluding hydrogens is 182 g/mol. The summed E-state index contributed by atoms with van der Waals surface area (Å²) < 4.78 is 0. The summed E-state index contributed by atoms with van der Waals surface area (Å²) in [7, 11) is 4.17. The van der Waals surface area contributed by atoms with Gasteiger partial charge in [-0.15, -0.1) is 0 Å². The van der Waals surface area contributed by atoms with Gasteiger partial charge in [-0.05, 0) is 40.2 Å². The van der Waals surface area contributed by atoms with Crippen LogP contribution < -0.4 is 5.73 Å². The highest BCUT2D eigenvalue weighted by Gasteiger charge is 2.02. The van der Waals surface area contributed by atoms with Gasteiger partial charge < -0.3 is 10.6 Å². The van der Waals surface area contributed by atoms with Crippen molar-refractivity contribution in [2.24, 2.45) is 5.73 Å². The van der Waals surface area contributed by atoms with Crippen molar-refractivity contribution in [2.45, 2.75) is 13.3 Å². The van der Waals surface area contributed by atoms with E-state index in [2.05, 4.69) is 30.8 Å². The van der Waals surface area contributed by atoms with Gasteiger partial charge in [-0.2, -0.15) is 0 Å². The molecular formula is C9H21N3S. The zero-order chi connectivity index (χ0) is 10.3. The number of hydrogen-bond donors (Lipinski definition) is 1. The summed E-state index contributed by atoms with van der Waals surface area (Å²) in [6, 6.07) is 0. The fourth-order valence-corrected chi connectivity index (χ4v) is 1.36. The number of likely N-dealkylation sites (N-methyl/N-ethyl adjacent to an activating group) is 1. The first kappa shape index (κ1) is 12.8. The highest BCUT2D eigenvalue weighted by molar-refractivity contribution is 7.80. The second-order valence-corrected chi connectivity index (χ2v) is 4.02. The lowest BCUT2D eigenvalue weighted by molar-refractivity contribution is 0.296. The van der Waals surface area contributed by atoms with Gasteiger partial charge in [0.15, 0.2) is 0 Å². The first-order valence-electron chi connectivity index (χ1n) is 4.71.